The lowest BCUT2D eigenvalue weighted by Gasteiger charge is -2.15. The fourth-order valence-corrected chi connectivity index (χ4v) is 3.17. The van der Waals surface area contributed by atoms with E-state index in [4.69, 9.17) is 14.7 Å². The number of anilines is 1. The quantitative estimate of drug-likeness (QED) is 0.706. The summed E-state index contributed by atoms with van der Waals surface area (Å²) < 4.78 is 6.65. The maximum atomic E-state index is 5.47. The highest BCUT2D eigenvalue weighted by Gasteiger charge is 2.20. The summed E-state index contributed by atoms with van der Waals surface area (Å²) in [5, 5.41) is 3.45. The first-order valence-corrected chi connectivity index (χ1v) is 9.04. The summed E-state index contributed by atoms with van der Waals surface area (Å²) in [4.78, 5) is 9.59. The number of nitrogens with zero attached hydrogens (tertiary/aromatic N) is 2. The Balaban J connectivity index is 2.21. The second-order valence-electron chi connectivity index (χ2n) is 6.21. The zero-order valence-electron chi connectivity index (χ0n) is 13.3. The molecule has 4 nitrogen and oxygen atoms in total. The summed E-state index contributed by atoms with van der Waals surface area (Å²) >= 11 is 2.38. The number of ether oxygens (including phenoxy) is 1. The van der Waals surface area contributed by atoms with E-state index < -0.39 is 0 Å². The van der Waals surface area contributed by atoms with Gasteiger partial charge in [0.25, 0.3) is 0 Å². The number of aromatic nitrogens is 2. The van der Waals surface area contributed by atoms with Gasteiger partial charge in [0.2, 0.25) is 0 Å². The third-order valence-corrected chi connectivity index (χ3v) is 4.74. The predicted octanol–water partition coefficient (Wildman–Crippen LogP) is 3.68. The van der Waals surface area contributed by atoms with Crippen molar-refractivity contribution in [1.82, 2.24) is 9.97 Å². The monoisotopic (exact) mass is 403 g/mol. The van der Waals surface area contributed by atoms with Gasteiger partial charge in [-0.25, -0.2) is 9.97 Å². The molecule has 118 valence electrons. The van der Waals surface area contributed by atoms with Crippen molar-refractivity contribution >= 4 is 28.4 Å². The predicted molar refractivity (Wildman–Crippen MR) is 94.7 cm³/mol. The largest absolute Gasteiger partial charge is 0.381 e. The van der Waals surface area contributed by atoms with Crippen LogP contribution >= 0.6 is 22.6 Å². The van der Waals surface area contributed by atoms with Crippen molar-refractivity contribution in [3.8, 4) is 0 Å². The van der Waals surface area contributed by atoms with Gasteiger partial charge in [0.05, 0.1) is 9.26 Å². The molecule has 0 spiro atoms. The normalized spacial score (nSPS) is 18.4. The van der Waals surface area contributed by atoms with E-state index >= 15 is 0 Å². The van der Waals surface area contributed by atoms with Crippen LogP contribution < -0.4 is 5.32 Å². The minimum Gasteiger partial charge on any atom is -0.381 e. The van der Waals surface area contributed by atoms with E-state index in [1.807, 2.05) is 0 Å². The third-order valence-electron chi connectivity index (χ3n) is 3.61. The number of nitrogens with one attached hydrogen (secondary N) is 1. The van der Waals surface area contributed by atoms with Gasteiger partial charge in [-0.2, -0.15) is 0 Å². The molecular weight excluding hydrogens is 377 g/mol. The van der Waals surface area contributed by atoms with Crippen LogP contribution in [0.1, 0.15) is 45.1 Å². The van der Waals surface area contributed by atoms with Crippen LogP contribution in [0.2, 0.25) is 0 Å². The zero-order valence-corrected chi connectivity index (χ0v) is 15.4. The molecule has 1 fully saturated rings. The molecule has 1 aromatic rings. The summed E-state index contributed by atoms with van der Waals surface area (Å²) in [6.45, 7) is 9.35. The Morgan fingerprint density at radius 2 is 2.19 bits per heavy atom. The highest BCUT2D eigenvalue weighted by Crippen LogP contribution is 2.24. The van der Waals surface area contributed by atoms with E-state index in [9.17, 15) is 0 Å². The molecule has 1 atom stereocenters. The maximum absolute atomic E-state index is 5.47. The summed E-state index contributed by atoms with van der Waals surface area (Å²) in [7, 11) is 0. The maximum Gasteiger partial charge on any atom is 0.143 e. The van der Waals surface area contributed by atoms with Crippen molar-refractivity contribution in [2.45, 2.75) is 46.5 Å². The molecule has 2 heterocycles. The van der Waals surface area contributed by atoms with E-state index in [2.05, 4.69) is 48.7 Å². The van der Waals surface area contributed by atoms with Crippen molar-refractivity contribution in [3.63, 3.8) is 0 Å². The van der Waals surface area contributed by atoms with Crippen LogP contribution in [0.25, 0.3) is 0 Å². The summed E-state index contributed by atoms with van der Waals surface area (Å²) in [5.41, 5.74) is 1.19. The van der Waals surface area contributed by atoms with E-state index in [-0.39, 0.29) is 0 Å². The second-order valence-corrected chi connectivity index (χ2v) is 7.29. The zero-order chi connectivity index (χ0) is 15.2. The molecular formula is C16H26IN3O. The second kappa shape index (κ2) is 8.27. The average molecular weight is 403 g/mol. The molecule has 0 amide bonds. The van der Waals surface area contributed by atoms with Crippen LogP contribution in [0.3, 0.4) is 0 Å². The van der Waals surface area contributed by atoms with Crippen molar-refractivity contribution in [2.75, 3.05) is 25.1 Å². The van der Waals surface area contributed by atoms with Crippen LogP contribution in [0.4, 0.5) is 5.82 Å². The summed E-state index contributed by atoms with van der Waals surface area (Å²) in [5.74, 6) is 3.17. The number of halogens is 1. The first-order chi connectivity index (χ1) is 10.1. The molecule has 1 unspecified atom stereocenters. The first-order valence-electron chi connectivity index (χ1n) is 7.97. The Hall–Kier alpha value is -0.430. The lowest BCUT2D eigenvalue weighted by Crippen LogP contribution is -2.14. The fraction of sp³-hybridized carbons (Fsp3) is 0.750. The number of hydrogen-bond acceptors (Lipinski definition) is 4. The van der Waals surface area contributed by atoms with Gasteiger partial charge < -0.3 is 10.1 Å². The Morgan fingerprint density at radius 1 is 1.38 bits per heavy atom. The number of rotatable bonds is 7. The van der Waals surface area contributed by atoms with Gasteiger partial charge >= 0.3 is 0 Å². The first kappa shape index (κ1) is 16.9. The van der Waals surface area contributed by atoms with Crippen LogP contribution in [0.15, 0.2) is 0 Å². The molecule has 5 heteroatoms. The van der Waals surface area contributed by atoms with Crippen LogP contribution in [0, 0.1) is 15.4 Å². The van der Waals surface area contributed by atoms with Gasteiger partial charge in [0.1, 0.15) is 11.6 Å². The van der Waals surface area contributed by atoms with Gasteiger partial charge in [-0.15, -0.1) is 0 Å². The molecule has 0 bridgehead atoms. The van der Waals surface area contributed by atoms with Crippen LogP contribution in [-0.2, 0) is 17.6 Å². The van der Waals surface area contributed by atoms with Crippen molar-refractivity contribution in [3.05, 3.63) is 15.1 Å². The van der Waals surface area contributed by atoms with E-state index in [1.54, 1.807) is 0 Å². The molecule has 1 N–H and O–H groups in total. The minimum absolute atomic E-state index is 0.580. The molecule has 2 rings (SSSR count). The topological polar surface area (TPSA) is 47.0 Å². The van der Waals surface area contributed by atoms with Crippen LogP contribution in [-0.4, -0.2) is 29.7 Å². The summed E-state index contributed by atoms with van der Waals surface area (Å²) in [6.07, 6.45) is 4.18. The molecule has 21 heavy (non-hydrogen) atoms. The standard InChI is InChI=1S/C16H26IN3O/c1-4-6-18-16-15(17)13(8-11(2)3)19-14(20-16)9-12-5-7-21-10-12/h11-12H,4-10H2,1-3H3,(H,18,19,20). The Kier molecular flexibility index (Phi) is 6.67. The van der Waals surface area contributed by atoms with Crippen molar-refractivity contribution < 1.29 is 4.74 Å². The number of hydrogen-bond donors (Lipinski definition) is 1. The summed E-state index contributed by atoms with van der Waals surface area (Å²) in [6, 6.07) is 0. The molecule has 1 aliphatic rings. The smallest absolute Gasteiger partial charge is 0.143 e. The minimum atomic E-state index is 0.580. The molecule has 0 aliphatic carbocycles. The van der Waals surface area contributed by atoms with Gasteiger partial charge in [-0.3, -0.25) is 0 Å². The molecule has 0 radical (unpaired) electrons. The average Bonchev–Trinajstić information content (AvgIpc) is 2.93. The van der Waals surface area contributed by atoms with Gasteiger partial charge in [0, 0.05) is 26.2 Å². The Labute approximate surface area is 141 Å². The molecule has 1 aliphatic heterocycles. The Bertz CT molecular complexity index is 459. The molecule has 1 aromatic heterocycles. The fourth-order valence-electron chi connectivity index (χ4n) is 2.52. The van der Waals surface area contributed by atoms with Crippen molar-refractivity contribution in [1.29, 1.82) is 0 Å². The lowest BCUT2D eigenvalue weighted by atomic mass is 10.0. The van der Waals surface area contributed by atoms with Gasteiger partial charge in [0.15, 0.2) is 0 Å². The highest BCUT2D eigenvalue weighted by molar-refractivity contribution is 14.1. The lowest BCUT2D eigenvalue weighted by molar-refractivity contribution is 0.185. The van der Waals surface area contributed by atoms with E-state index in [1.165, 1.54) is 9.26 Å². The van der Waals surface area contributed by atoms with E-state index in [0.717, 1.165) is 57.1 Å². The van der Waals surface area contributed by atoms with Crippen LogP contribution in [0.5, 0.6) is 0 Å². The Morgan fingerprint density at radius 3 is 2.81 bits per heavy atom. The van der Waals surface area contributed by atoms with Gasteiger partial charge in [-0.1, -0.05) is 20.8 Å². The molecule has 0 aromatic carbocycles. The third kappa shape index (κ3) is 5.06. The molecule has 1 saturated heterocycles. The highest BCUT2D eigenvalue weighted by atomic mass is 127. The van der Waals surface area contributed by atoms with Crippen molar-refractivity contribution in [2.24, 2.45) is 11.8 Å². The van der Waals surface area contributed by atoms with Gasteiger partial charge in [-0.05, 0) is 53.7 Å². The molecule has 0 saturated carbocycles. The van der Waals surface area contributed by atoms with E-state index in [0.29, 0.717) is 11.8 Å². The SMILES string of the molecule is CCCNc1nc(CC2CCOC2)nc(CC(C)C)c1I.